The lowest BCUT2D eigenvalue weighted by atomic mass is 10.0. The molecule has 1 heteroatoms. The predicted octanol–water partition coefficient (Wildman–Crippen LogP) is 3.36. The lowest BCUT2D eigenvalue weighted by molar-refractivity contribution is 0.570. The van der Waals surface area contributed by atoms with E-state index in [1.807, 2.05) is 12.2 Å². The number of allylic oxidation sites excluding steroid dienone is 4. The van der Waals surface area contributed by atoms with E-state index < -0.39 is 0 Å². The predicted molar refractivity (Wildman–Crippen MR) is 41.4 cm³/mol. The van der Waals surface area contributed by atoms with Gasteiger partial charge in [-0.25, -0.2) is 4.39 Å². The first kappa shape index (κ1) is 7.52. The second-order valence-electron chi connectivity index (χ2n) is 2.62. The van der Waals surface area contributed by atoms with Crippen LogP contribution in [0.1, 0.15) is 32.6 Å². The van der Waals surface area contributed by atoms with Crippen LogP contribution in [0.5, 0.6) is 0 Å². The largest absolute Gasteiger partial charge is 0.212 e. The van der Waals surface area contributed by atoms with Crippen LogP contribution in [0.25, 0.3) is 0 Å². The van der Waals surface area contributed by atoms with Gasteiger partial charge in [-0.3, -0.25) is 0 Å². The van der Waals surface area contributed by atoms with E-state index >= 15 is 0 Å². The van der Waals surface area contributed by atoms with E-state index in [2.05, 4.69) is 6.92 Å². The Bertz CT molecular complexity index is 166. The van der Waals surface area contributed by atoms with Crippen molar-refractivity contribution in [2.45, 2.75) is 32.6 Å². The molecule has 0 saturated heterocycles. The standard InChI is InChI=1S/C9H13F/c1-2-5-8-6-3-4-7-9(8)10/h3,6H,2,4-5,7H2,1H3. The Morgan fingerprint density at radius 2 is 2.40 bits per heavy atom. The first-order valence-electron chi connectivity index (χ1n) is 3.88. The number of halogens is 1. The second-order valence-corrected chi connectivity index (χ2v) is 2.62. The normalized spacial score (nSPS) is 18.2. The van der Waals surface area contributed by atoms with Crippen molar-refractivity contribution in [3.63, 3.8) is 0 Å². The zero-order valence-corrected chi connectivity index (χ0v) is 6.36. The second kappa shape index (κ2) is 3.55. The van der Waals surface area contributed by atoms with E-state index in [4.69, 9.17) is 0 Å². The van der Waals surface area contributed by atoms with Crippen LogP contribution in [0.2, 0.25) is 0 Å². The molecule has 0 aromatic heterocycles. The minimum absolute atomic E-state index is 0.101. The zero-order valence-electron chi connectivity index (χ0n) is 6.36. The van der Waals surface area contributed by atoms with Crippen LogP contribution in [-0.4, -0.2) is 0 Å². The fourth-order valence-electron chi connectivity index (χ4n) is 1.17. The molecular formula is C9H13F. The van der Waals surface area contributed by atoms with Gasteiger partial charge in [-0.05, 0) is 18.4 Å². The van der Waals surface area contributed by atoms with Gasteiger partial charge in [-0.15, -0.1) is 0 Å². The summed E-state index contributed by atoms with van der Waals surface area (Å²) >= 11 is 0. The van der Waals surface area contributed by atoms with Gasteiger partial charge in [0.15, 0.2) is 0 Å². The van der Waals surface area contributed by atoms with E-state index in [1.165, 1.54) is 0 Å². The molecule has 0 unspecified atom stereocenters. The third-order valence-corrected chi connectivity index (χ3v) is 1.72. The van der Waals surface area contributed by atoms with Crippen LogP contribution in [0.4, 0.5) is 4.39 Å². The first-order chi connectivity index (χ1) is 4.84. The Morgan fingerprint density at radius 1 is 1.60 bits per heavy atom. The molecular weight excluding hydrogens is 127 g/mol. The van der Waals surface area contributed by atoms with Crippen molar-refractivity contribution in [1.29, 1.82) is 0 Å². The molecule has 0 heterocycles. The van der Waals surface area contributed by atoms with Crippen molar-refractivity contribution in [3.05, 3.63) is 23.6 Å². The molecule has 0 atom stereocenters. The molecule has 1 aliphatic carbocycles. The van der Waals surface area contributed by atoms with Gasteiger partial charge in [0.25, 0.3) is 0 Å². The molecule has 0 N–H and O–H groups in total. The van der Waals surface area contributed by atoms with Gasteiger partial charge < -0.3 is 0 Å². The van der Waals surface area contributed by atoms with Crippen molar-refractivity contribution in [2.24, 2.45) is 0 Å². The van der Waals surface area contributed by atoms with E-state index in [1.54, 1.807) is 0 Å². The summed E-state index contributed by atoms with van der Waals surface area (Å²) in [6.45, 7) is 2.07. The highest BCUT2D eigenvalue weighted by molar-refractivity contribution is 5.25. The van der Waals surface area contributed by atoms with Gasteiger partial charge in [0, 0.05) is 6.42 Å². The van der Waals surface area contributed by atoms with Crippen molar-refractivity contribution in [1.82, 2.24) is 0 Å². The van der Waals surface area contributed by atoms with Crippen LogP contribution < -0.4 is 0 Å². The third-order valence-electron chi connectivity index (χ3n) is 1.72. The number of hydrogen-bond acceptors (Lipinski definition) is 0. The quantitative estimate of drug-likeness (QED) is 0.551. The smallest absolute Gasteiger partial charge is 0.103 e. The van der Waals surface area contributed by atoms with Gasteiger partial charge in [-0.2, -0.15) is 0 Å². The fraction of sp³-hybridized carbons (Fsp3) is 0.556. The molecule has 0 aromatic rings. The number of rotatable bonds is 2. The maximum Gasteiger partial charge on any atom is 0.103 e. The van der Waals surface area contributed by atoms with E-state index in [9.17, 15) is 4.39 Å². The third kappa shape index (κ3) is 1.69. The summed E-state index contributed by atoms with van der Waals surface area (Å²) in [5.41, 5.74) is 0.911. The SMILES string of the molecule is CCCC1=C(F)CCC=C1. The summed E-state index contributed by atoms with van der Waals surface area (Å²) in [7, 11) is 0. The minimum atomic E-state index is 0.101. The van der Waals surface area contributed by atoms with Crippen molar-refractivity contribution < 1.29 is 4.39 Å². The van der Waals surface area contributed by atoms with Crippen LogP contribution in [0, 0.1) is 0 Å². The summed E-state index contributed by atoms with van der Waals surface area (Å²) in [5.74, 6) is 0.101. The maximum absolute atomic E-state index is 12.9. The van der Waals surface area contributed by atoms with Crippen molar-refractivity contribution in [2.75, 3.05) is 0 Å². The zero-order chi connectivity index (χ0) is 7.40. The van der Waals surface area contributed by atoms with Crippen molar-refractivity contribution >= 4 is 0 Å². The van der Waals surface area contributed by atoms with Crippen LogP contribution in [-0.2, 0) is 0 Å². The lowest BCUT2D eigenvalue weighted by Gasteiger charge is -2.07. The molecule has 0 saturated carbocycles. The Morgan fingerprint density at radius 3 is 3.00 bits per heavy atom. The molecule has 1 rings (SSSR count). The number of hydrogen-bond donors (Lipinski definition) is 0. The Hall–Kier alpha value is -0.590. The minimum Gasteiger partial charge on any atom is -0.212 e. The monoisotopic (exact) mass is 140 g/mol. The van der Waals surface area contributed by atoms with E-state index in [-0.39, 0.29) is 5.83 Å². The Balaban J connectivity index is 2.60. The highest BCUT2D eigenvalue weighted by Gasteiger charge is 2.05. The molecule has 0 nitrogen and oxygen atoms in total. The fourth-order valence-corrected chi connectivity index (χ4v) is 1.17. The Labute approximate surface area is 61.4 Å². The summed E-state index contributed by atoms with van der Waals surface area (Å²) in [4.78, 5) is 0. The van der Waals surface area contributed by atoms with Gasteiger partial charge in [0.2, 0.25) is 0 Å². The average Bonchev–Trinajstić information content (AvgIpc) is 1.94. The lowest BCUT2D eigenvalue weighted by Crippen LogP contribution is -1.89. The molecule has 0 aliphatic heterocycles. The molecule has 10 heavy (non-hydrogen) atoms. The van der Waals surface area contributed by atoms with Gasteiger partial charge in [-0.1, -0.05) is 25.5 Å². The Kier molecular flexibility index (Phi) is 2.67. The first-order valence-corrected chi connectivity index (χ1v) is 3.88. The van der Waals surface area contributed by atoms with Gasteiger partial charge >= 0.3 is 0 Å². The molecule has 0 bridgehead atoms. The summed E-state index contributed by atoms with van der Waals surface area (Å²) in [5, 5.41) is 0. The average molecular weight is 140 g/mol. The van der Waals surface area contributed by atoms with Gasteiger partial charge in [0.1, 0.15) is 5.83 Å². The molecule has 0 amide bonds. The van der Waals surface area contributed by atoms with Crippen molar-refractivity contribution in [3.8, 4) is 0 Å². The van der Waals surface area contributed by atoms with Crippen LogP contribution >= 0.6 is 0 Å². The highest BCUT2D eigenvalue weighted by atomic mass is 19.1. The van der Waals surface area contributed by atoms with Crippen LogP contribution in [0.3, 0.4) is 0 Å². The summed E-state index contributed by atoms with van der Waals surface area (Å²) in [6.07, 6.45) is 7.39. The highest BCUT2D eigenvalue weighted by Crippen LogP contribution is 2.22. The topological polar surface area (TPSA) is 0 Å². The molecule has 1 aliphatic rings. The van der Waals surface area contributed by atoms with Crippen LogP contribution in [0.15, 0.2) is 23.6 Å². The maximum atomic E-state index is 12.9. The molecule has 0 spiro atoms. The summed E-state index contributed by atoms with van der Waals surface area (Å²) in [6, 6.07) is 0. The molecule has 0 radical (unpaired) electrons. The molecule has 0 aromatic carbocycles. The van der Waals surface area contributed by atoms with E-state index in [0.717, 1.165) is 24.8 Å². The molecule has 56 valence electrons. The summed E-state index contributed by atoms with van der Waals surface area (Å²) < 4.78 is 12.9. The van der Waals surface area contributed by atoms with Gasteiger partial charge in [0.05, 0.1) is 0 Å². The molecule has 0 fully saturated rings. The van der Waals surface area contributed by atoms with E-state index in [0.29, 0.717) is 6.42 Å².